The Balaban J connectivity index is 2.03. The van der Waals surface area contributed by atoms with E-state index in [9.17, 15) is 0 Å². The average Bonchev–Trinajstić information content (AvgIpc) is 2.25. The molecular formula is C12H20N4O. The Morgan fingerprint density at radius 3 is 2.82 bits per heavy atom. The minimum Gasteiger partial charge on any atom is -0.478 e. The highest BCUT2D eigenvalue weighted by atomic mass is 16.5. The van der Waals surface area contributed by atoms with Gasteiger partial charge in [-0.2, -0.15) is 4.98 Å². The van der Waals surface area contributed by atoms with Gasteiger partial charge in [0.1, 0.15) is 0 Å². The fourth-order valence-corrected chi connectivity index (χ4v) is 1.88. The molecule has 1 aliphatic rings. The second-order valence-electron chi connectivity index (χ2n) is 4.87. The molecule has 0 radical (unpaired) electrons. The number of hydrogen-bond acceptors (Lipinski definition) is 5. The van der Waals surface area contributed by atoms with Gasteiger partial charge in [-0.1, -0.05) is 13.8 Å². The molecule has 5 heteroatoms. The Morgan fingerprint density at radius 1 is 1.53 bits per heavy atom. The predicted octanol–water partition coefficient (Wildman–Crippen LogP) is 1.05. The highest BCUT2D eigenvalue weighted by molar-refractivity contribution is 5.39. The van der Waals surface area contributed by atoms with Gasteiger partial charge < -0.3 is 15.4 Å². The Kier molecular flexibility index (Phi) is 3.19. The molecular weight excluding hydrogens is 216 g/mol. The molecule has 1 aromatic rings. The highest BCUT2D eigenvalue weighted by Crippen LogP contribution is 2.29. The number of anilines is 1. The number of aromatic nitrogens is 2. The van der Waals surface area contributed by atoms with Gasteiger partial charge in [0.15, 0.2) is 0 Å². The summed E-state index contributed by atoms with van der Waals surface area (Å²) in [7, 11) is 0. The molecule has 17 heavy (non-hydrogen) atoms. The van der Waals surface area contributed by atoms with Crippen LogP contribution in [0.4, 0.5) is 5.95 Å². The number of nitrogens with two attached hydrogens (primary N) is 1. The van der Waals surface area contributed by atoms with E-state index < -0.39 is 0 Å². The van der Waals surface area contributed by atoms with Crippen molar-refractivity contribution >= 4 is 5.95 Å². The lowest BCUT2D eigenvalue weighted by Crippen LogP contribution is -2.70. The molecule has 0 unspecified atom stereocenters. The summed E-state index contributed by atoms with van der Waals surface area (Å²) in [4.78, 5) is 10.7. The van der Waals surface area contributed by atoms with Crippen LogP contribution in [0.1, 0.15) is 20.8 Å². The first-order chi connectivity index (χ1) is 8.05. The molecule has 5 nitrogen and oxygen atoms in total. The summed E-state index contributed by atoms with van der Waals surface area (Å²) < 4.78 is 5.36. The summed E-state index contributed by atoms with van der Waals surface area (Å²) in [6.07, 6.45) is 1.72. The maximum absolute atomic E-state index is 6.24. The van der Waals surface area contributed by atoms with Crippen molar-refractivity contribution in [2.24, 2.45) is 11.7 Å². The molecule has 0 aliphatic carbocycles. The average molecular weight is 236 g/mol. The van der Waals surface area contributed by atoms with E-state index in [-0.39, 0.29) is 5.54 Å². The van der Waals surface area contributed by atoms with E-state index in [0.717, 1.165) is 13.1 Å². The van der Waals surface area contributed by atoms with Crippen LogP contribution in [-0.4, -0.2) is 35.2 Å². The maximum atomic E-state index is 6.24. The standard InChI is InChI=1S/C12H20N4O/c1-4-17-10-5-6-14-11(15-10)16-7-12(13,8-16)9(2)3/h5-6,9H,4,7-8,13H2,1-3H3. The summed E-state index contributed by atoms with van der Waals surface area (Å²) in [6.45, 7) is 8.46. The Labute approximate surface area is 102 Å². The zero-order valence-electron chi connectivity index (χ0n) is 10.7. The van der Waals surface area contributed by atoms with E-state index in [2.05, 4.69) is 28.7 Å². The smallest absolute Gasteiger partial charge is 0.228 e. The van der Waals surface area contributed by atoms with E-state index in [1.807, 2.05) is 6.92 Å². The first-order valence-electron chi connectivity index (χ1n) is 6.05. The zero-order valence-corrected chi connectivity index (χ0v) is 10.7. The quantitative estimate of drug-likeness (QED) is 0.846. The minimum absolute atomic E-state index is 0.106. The molecule has 2 rings (SSSR count). The fraction of sp³-hybridized carbons (Fsp3) is 0.667. The lowest BCUT2D eigenvalue weighted by Gasteiger charge is -2.50. The highest BCUT2D eigenvalue weighted by Gasteiger charge is 2.43. The topological polar surface area (TPSA) is 64.3 Å². The van der Waals surface area contributed by atoms with Gasteiger partial charge in [-0.3, -0.25) is 0 Å². The summed E-state index contributed by atoms with van der Waals surface area (Å²) in [5, 5.41) is 0. The SMILES string of the molecule is CCOc1ccnc(N2CC(N)(C(C)C)C2)n1. The van der Waals surface area contributed by atoms with Crippen molar-refractivity contribution in [2.75, 3.05) is 24.6 Å². The van der Waals surface area contributed by atoms with E-state index in [0.29, 0.717) is 24.4 Å². The van der Waals surface area contributed by atoms with Gasteiger partial charge in [-0.25, -0.2) is 4.98 Å². The number of hydrogen-bond donors (Lipinski definition) is 1. The largest absolute Gasteiger partial charge is 0.478 e. The lowest BCUT2D eigenvalue weighted by atomic mass is 9.80. The number of ether oxygens (including phenoxy) is 1. The number of rotatable bonds is 4. The molecule has 0 aromatic carbocycles. The molecule has 1 saturated heterocycles. The van der Waals surface area contributed by atoms with Crippen molar-refractivity contribution in [3.63, 3.8) is 0 Å². The van der Waals surface area contributed by atoms with E-state index in [1.165, 1.54) is 0 Å². The monoisotopic (exact) mass is 236 g/mol. The Bertz CT molecular complexity index is 388. The molecule has 0 bridgehead atoms. The van der Waals surface area contributed by atoms with Crippen molar-refractivity contribution < 1.29 is 4.74 Å². The van der Waals surface area contributed by atoms with Crippen molar-refractivity contribution in [3.8, 4) is 5.88 Å². The zero-order chi connectivity index (χ0) is 12.5. The molecule has 1 aliphatic heterocycles. The van der Waals surface area contributed by atoms with Gasteiger partial charge in [0.05, 0.1) is 12.1 Å². The maximum Gasteiger partial charge on any atom is 0.228 e. The first-order valence-corrected chi connectivity index (χ1v) is 6.05. The van der Waals surface area contributed by atoms with Gasteiger partial charge in [-0.05, 0) is 12.8 Å². The summed E-state index contributed by atoms with van der Waals surface area (Å²) >= 11 is 0. The van der Waals surface area contributed by atoms with Gasteiger partial charge in [0.2, 0.25) is 11.8 Å². The Hall–Kier alpha value is -1.36. The molecule has 1 fully saturated rings. The third kappa shape index (κ3) is 2.34. The minimum atomic E-state index is -0.106. The van der Waals surface area contributed by atoms with Crippen molar-refractivity contribution in [3.05, 3.63) is 12.3 Å². The van der Waals surface area contributed by atoms with Crippen LogP contribution in [0.25, 0.3) is 0 Å². The van der Waals surface area contributed by atoms with Crippen LogP contribution < -0.4 is 15.4 Å². The number of nitrogens with zero attached hydrogens (tertiary/aromatic N) is 3. The summed E-state index contributed by atoms with van der Waals surface area (Å²) in [5.74, 6) is 1.79. The third-order valence-electron chi connectivity index (χ3n) is 3.31. The van der Waals surface area contributed by atoms with Crippen LogP contribution in [0, 0.1) is 5.92 Å². The predicted molar refractivity (Wildman–Crippen MR) is 67.2 cm³/mol. The van der Waals surface area contributed by atoms with Crippen LogP contribution >= 0.6 is 0 Å². The van der Waals surface area contributed by atoms with E-state index in [1.54, 1.807) is 12.3 Å². The molecule has 0 atom stereocenters. The summed E-state index contributed by atoms with van der Waals surface area (Å²) in [5.41, 5.74) is 6.14. The van der Waals surface area contributed by atoms with Crippen molar-refractivity contribution in [1.82, 2.24) is 9.97 Å². The Morgan fingerprint density at radius 2 is 2.24 bits per heavy atom. The molecule has 2 N–H and O–H groups in total. The van der Waals surface area contributed by atoms with Gasteiger partial charge in [0, 0.05) is 25.4 Å². The van der Waals surface area contributed by atoms with Gasteiger partial charge in [-0.15, -0.1) is 0 Å². The van der Waals surface area contributed by atoms with E-state index >= 15 is 0 Å². The molecule has 2 heterocycles. The molecule has 0 saturated carbocycles. The lowest BCUT2D eigenvalue weighted by molar-refractivity contribution is 0.241. The van der Waals surface area contributed by atoms with Crippen molar-refractivity contribution in [1.29, 1.82) is 0 Å². The van der Waals surface area contributed by atoms with Crippen LogP contribution in [-0.2, 0) is 0 Å². The molecule has 0 spiro atoms. The van der Waals surface area contributed by atoms with Crippen LogP contribution in [0.3, 0.4) is 0 Å². The molecule has 94 valence electrons. The normalized spacial score (nSPS) is 18.1. The second kappa shape index (κ2) is 4.49. The third-order valence-corrected chi connectivity index (χ3v) is 3.31. The first kappa shape index (κ1) is 12.1. The van der Waals surface area contributed by atoms with Crippen LogP contribution in [0.2, 0.25) is 0 Å². The van der Waals surface area contributed by atoms with Crippen molar-refractivity contribution in [2.45, 2.75) is 26.3 Å². The van der Waals surface area contributed by atoms with Gasteiger partial charge in [0.25, 0.3) is 0 Å². The molecule has 1 aromatic heterocycles. The second-order valence-corrected chi connectivity index (χ2v) is 4.87. The van der Waals surface area contributed by atoms with Crippen LogP contribution in [0.15, 0.2) is 12.3 Å². The summed E-state index contributed by atoms with van der Waals surface area (Å²) in [6, 6.07) is 1.77. The van der Waals surface area contributed by atoms with Gasteiger partial charge >= 0.3 is 0 Å². The fourth-order valence-electron chi connectivity index (χ4n) is 1.88. The molecule has 0 amide bonds. The van der Waals surface area contributed by atoms with E-state index in [4.69, 9.17) is 10.5 Å². The van der Waals surface area contributed by atoms with Crippen LogP contribution in [0.5, 0.6) is 5.88 Å².